The van der Waals surface area contributed by atoms with E-state index in [1.807, 2.05) is 19.9 Å². The van der Waals surface area contributed by atoms with Gasteiger partial charge in [0, 0.05) is 6.92 Å². The number of hydrogen-bond donors (Lipinski definition) is 0. The second-order valence-electron chi connectivity index (χ2n) is 4.28. The molecule has 1 aromatic rings. The number of esters is 1. The highest BCUT2D eigenvalue weighted by atomic mass is 16.5. The molecule has 2 heteroatoms. The lowest BCUT2D eigenvalue weighted by molar-refractivity contribution is -0.142. The van der Waals surface area contributed by atoms with E-state index in [1.54, 1.807) is 0 Å². The molecule has 0 aromatic heterocycles. The van der Waals surface area contributed by atoms with Crippen molar-refractivity contribution in [2.24, 2.45) is 0 Å². The number of aryl methyl sites for hydroxylation is 1. The number of carbonyl (C=O) groups is 1. The van der Waals surface area contributed by atoms with Gasteiger partial charge in [-0.2, -0.15) is 0 Å². The lowest BCUT2D eigenvalue weighted by atomic mass is 9.93. The molecule has 1 aromatic carbocycles. The van der Waals surface area contributed by atoms with E-state index in [9.17, 15) is 4.79 Å². The summed E-state index contributed by atoms with van der Waals surface area (Å²) in [5, 5.41) is 0. The van der Waals surface area contributed by atoms with Crippen LogP contribution in [-0.2, 0) is 16.1 Å². The van der Waals surface area contributed by atoms with Gasteiger partial charge < -0.3 is 4.74 Å². The molecule has 0 bridgehead atoms. The van der Waals surface area contributed by atoms with Gasteiger partial charge in [0.25, 0.3) is 0 Å². The molecule has 1 rings (SSSR count). The van der Waals surface area contributed by atoms with Crippen LogP contribution in [-0.4, -0.2) is 5.97 Å². The molecule has 0 aliphatic heterocycles. The van der Waals surface area contributed by atoms with E-state index in [4.69, 9.17) is 4.74 Å². The first-order chi connectivity index (χ1) is 8.54. The van der Waals surface area contributed by atoms with Gasteiger partial charge in [0.05, 0.1) is 0 Å². The van der Waals surface area contributed by atoms with E-state index in [2.05, 4.69) is 32.9 Å². The fourth-order valence-electron chi connectivity index (χ4n) is 1.72. The van der Waals surface area contributed by atoms with Crippen LogP contribution in [0.5, 0.6) is 0 Å². The van der Waals surface area contributed by atoms with E-state index in [1.165, 1.54) is 18.1 Å². The van der Waals surface area contributed by atoms with Crippen molar-refractivity contribution in [2.45, 2.75) is 60.5 Å². The Hall–Kier alpha value is -1.31. The number of hydrogen-bond acceptors (Lipinski definition) is 2. The van der Waals surface area contributed by atoms with Crippen LogP contribution in [0.15, 0.2) is 18.2 Å². The maximum absolute atomic E-state index is 10.7. The Morgan fingerprint density at radius 3 is 2.44 bits per heavy atom. The van der Waals surface area contributed by atoms with Crippen LogP contribution in [0.25, 0.3) is 0 Å². The minimum Gasteiger partial charge on any atom is -0.461 e. The summed E-state index contributed by atoms with van der Waals surface area (Å²) in [5.74, 6) is 0.322. The molecule has 0 heterocycles. The lowest BCUT2D eigenvalue weighted by Crippen LogP contribution is -2.01. The maximum Gasteiger partial charge on any atom is 0.302 e. The van der Waals surface area contributed by atoms with Gasteiger partial charge in [0.15, 0.2) is 0 Å². The summed E-state index contributed by atoms with van der Waals surface area (Å²) in [4.78, 5) is 10.7. The molecule has 0 spiro atoms. The SMILES string of the molecule is CC.CCC(C)c1cc(COC(C)=O)ccc1C. The van der Waals surface area contributed by atoms with Gasteiger partial charge in [0.2, 0.25) is 0 Å². The second-order valence-corrected chi connectivity index (χ2v) is 4.28. The topological polar surface area (TPSA) is 26.3 Å². The van der Waals surface area contributed by atoms with Crippen molar-refractivity contribution in [2.75, 3.05) is 0 Å². The van der Waals surface area contributed by atoms with Gasteiger partial charge in [-0.05, 0) is 36.0 Å². The van der Waals surface area contributed by atoms with Gasteiger partial charge >= 0.3 is 5.97 Å². The molecule has 2 nitrogen and oxygen atoms in total. The van der Waals surface area contributed by atoms with Crippen LogP contribution in [0.3, 0.4) is 0 Å². The Labute approximate surface area is 111 Å². The summed E-state index contributed by atoms with van der Waals surface area (Å²) in [7, 11) is 0. The molecular formula is C16H26O2. The lowest BCUT2D eigenvalue weighted by Gasteiger charge is -2.14. The molecule has 18 heavy (non-hydrogen) atoms. The Morgan fingerprint density at radius 2 is 1.94 bits per heavy atom. The number of rotatable bonds is 4. The van der Waals surface area contributed by atoms with Crippen molar-refractivity contribution in [1.29, 1.82) is 0 Å². The van der Waals surface area contributed by atoms with Crippen LogP contribution < -0.4 is 0 Å². The molecular weight excluding hydrogens is 224 g/mol. The quantitative estimate of drug-likeness (QED) is 0.730. The van der Waals surface area contributed by atoms with Crippen molar-refractivity contribution in [1.82, 2.24) is 0 Å². The van der Waals surface area contributed by atoms with Crippen molar-refractivity contribution in [3.05, 3.63) is 34.9 Å². The van der Waals surface area contributed by atoms with Gasteiger partial charge in [-0.15, -0.1) is 0 Å². The monoisotopic (exact) mass is 250 g/mol. The van der Waals surface area contributed by atoms with Gasteiger partial charge in [0.1, 0.15) is 6.61 Å². The van der Waals surface area contributed by atoms with E-state index >= 15 is 0 Å². The molecule has 0 saturated heterocycles. The summed E-state index contributed by atoms with van der Waals surface area (Å²) in [5.41, 5.74) is 3.73. The third-order valence-electron chi connectivity index (χ3n) is 2.93. The van der Waals surface area contributed by atoms with Crippen molar-refractivity contribution in [3.8, 4) is 0 Å². The Balaban J connectivity index is 0.00000137. The average Bonchev–Trinajstić information content (AvgIpc) is 2.39. The zero-order valence-electron chi connectivity index (χ0n) is 12.5. The predicted octanol–water partition coefficient (Wildman–Crippen LogP) is 4.60. The van der Waals surface area contributed by atoms with Crippen LogP contribution in [0.1, 0.15) is 63.6 Å². The highest BCUT2D eigenvalue weighted by Gasteiger charge is 2.07. The summed E-state index contributed by atoms with van der Waals surface area (Å²) < 4.78 is 5.00. The molecule has 0 saturated carbocycles. The van der Waals surface area contributed by atoms with E-state index in [0.717, 1.165) is 12.0 Å². The first-order valence-corrected chi connectivity index (χ1v) is 6.77. The zero-order valence-corrected chi connectivity index (χ0v) is 12.5. The van der Waals surface area contributed by atoms with Crippen LogP contribution in [0.2, 0.25) is 0 Å². The van der Waals surface area contributed by atoms with Crippen molar-refractivity contribution >= 4 is 5.97 Å². The molecule has 1 unspecified atom stereocenters. The Morgan fingerprint density at radius 1 is 1.33 bits per heavy atom. The molecule has 0 fully saturated rings. The van der Waals surface area contributed by atoms with Gasteiger partial charge in [-0.25, -0.2) is 0 Å². The second kappa shape index (κ2) is 8.73. The first kappa shape index (κ1) is 16.7. The van der Waals surface area contributed by atoms with Crippen LogP contribution in [0, 0.1) is 6.92 Å². The van der Waals surface area contributed by atoms with Crippen LogP contribution in [0.4, 0.5) is 0 Å². The summed E-state index contributed by atoms with van der Waals surface area (Å²) >= 11 is 0. The standard InChI is InChI=1S/C14H20O2.C2H6/c1-5-10(2)14-8-13(7-6-11(14)3)9-16-12(4)15;1-2/h6-8,10H,5,9H2,1-4H3;1-2H3. The smallest absolute Gasteiger partial charge is 0.302 e. The van der Waals surface area contributed by atoms with Gasteiger partial charge in [-0.3, -0.25) is 4.79 Å². The molecule has 0 N–H and O–H groups in total. The third kappa shape index (κ3) is 5.35. The van der Waals surface area contributed by atoms with Crippen LogP contribution >= 0.6 is 0 Å². The fourth-order valence-corrected chi connectivity index (χ4v) is 1.72. The highest BCUT2D eigenvalue weighted by molar-refractivity contribution is 5.65. The Bertz CT molecular complexity index is 369. The minimum absolute atomic E-state index is 0.231. The number of carbonyl (C=O) groups excluding carboxylic acids is 1. The zero-order chi connectivity index (χ0) is 14.1. The maximum atomic E-state index is 10.7. The summed E-state index contributed by atoms with van der Waals surface area (Å²) in [6, 6.07) is 6.26. The normalized spacial score (nSPS) is 11.2. The Kier molecular flexibility index (Phi) is 8.10. The number of benzene rings is 1. The molecule has 0 aliphatic rings. The largest absolute Gasteiger partial charge is 0.461 e. The van der Waals surface area contributed by atoms with E-state index in [-0.39, 0.29) is 5.97 Å². The molecule has 0 radical (unpaired) electrons. The molecule has 1 atom stereocenters. The first-order valence-electron chi connectivity index (χ1n) is 6.77. The predicted molar refractivity (Wildman–Crippen MR) is 76.7 cm³/mol. The fraction of sp³-hybridized carbons (Fsp3) is 0.562. The molecule has 0 amide bonds. The van der Waals surface area contributed by atoms with E-state index in [0.29, 0.717) is 12.5 Å². The van der Waals surface area contributed by atoms with E-state index < -0.39 is 0 Å². The minimum atomic E-state index is -0.231. The molecule has 0 aliphatic carbocycles. The third-order valence-corrected chi connectivity index (χ3v) is 2.93. The van der Waals surface area contributed by atoms with Gasteiger partial charge in [-0.1, -0.05) is 45.9 Å². The number of ether oxygens (including phenoxy) is 1. The average molecular weight is 250 g/mol. The highest BCUT2D eigenvalue weighted by Crippen LogP contribution is 2.23. The van der Waals surface area contributed by atoms with Crippen molar-refractivity contribution in [3.63, 3.8) is 0 Å². The summed E-state index contributed by atoms with van der Waals surface area (Å²) in [6.07, 6.45) is 1.12. The molecule has 102 valence electrons. The van der Waals surface area contributed by atoms with Crippen molar-refractivity contribution < 1.29 is 9.53 Å². The summed E-state index contributed by atoms with van der Waals surface area (Å²) in [6.45, 7) is 12.3.